The number of carbonyl (C=O) groups is 2. The first-order chi connectivity index (χ1) is 11.1. The fourth-order valence-electron chi connectivity index (χ4n) is 2.96. The predicted molar refractivity (Wildman–Crippen MR) is 91.6 cm³/mol. The van der Waals surface area contributed by atoms with Gasteiger partial charge in [0.2, 0.25) is 5.91 Å². The first-order valence-corrected chi connectivity index (χ1v) is 8.10. The zero-order valence-corrected chi connectivity index (χ0v) is 13.7. The van der Waals surface area contributed by atoms with E-state index in [9.17, 15) is 14.7 Å². The summed E-state index contributed by atoms with van der Waals surface area (Å²) in [4.78, 5) is 25.9. The smallest absolute Gasteiger partial charge is 0.307 e. The SMILES string of the molecule is CCN(CC)c1ccc(NC(=O)[C@@H]2CC=CC[C@H]2C(=O)O)cc1. The van der Waals surface area contributed by atoms with Crippen LogP contribution in [0.3, 0.4) is 0 Å². The number of rotatable bonds is 6. The standard InChI is InChI=1S/C18H24N2O3/c1-3-20(4-2)14-11-9-13(10-12-14)19-17(21)15-7-5-6-8-16(15)18(22)23/h5-6,9-12,15-16H,3-4,7-8H2,1-2H3,(H,19,21)(H,22,23)/t15-,16-/m1/s1. The Morgan fingerprint density at radius 1 is 1.09 bits per heavy atom. The molecule has 5 nitrogen and oxygen atoms in total. The van der Waals surface area contributed by atoms with Gasteiger partial charge in [-0.05, 0) is 51.0 Å². The van der Waals surface area contributed by atoms with Crippen LogP contribution in [0.5, 0.6) is 0 Å². The van der Waals surface area contributed by atoms with Gasteiger partial charge in [0, 0.05) is 24.5 Å². The molecule has 0 bridgehead atoms. The minimum Gasteiger partial charge on any atom is -0.481 e. The molecule has 1 aliphatic rings. The summed E-state index contributed by atoms with van der Waals surface area (Å²) in [6.45, 7) is 6.05. The van der Waals surface area contributed by atoms with Crippen molar-refractivity contribution in [3.8, 4) is 0 Å². The molecule has 0 heterocycles. The number of hydrogen-bond donors (Lipinski definition) is 2. The predicted octanol–water partition coefficient (Wildman–Crippen LogP) is 3.14. The quantitative estimate of drug-likeness (QED) is 0.791. The molecule has 1 aliphatic carbocycles. The van der Waals surface area contributed by atoms with Gasteiger partial charge in [-0.15, -0.1) is 0 Å². The molecule has 0 saturated heterocycles. The lowest BCUT2D eigenvalue weighted by Crippen LogP contribution is -2.34. The normalized spacial score (nSPS) is 20.1. The molecule has 0 fully saturated rings. The summed E-state index contributed by atoms with van der Waals surface area (Å²) in [5, 5.41) is 12.1. The summed E-state index contributed by atoms with van der Waals surface area (Å²) in [6, 6.07) is 7.66. The van der Waals surface area contributed by atoms with E-state index in [1.807, 2.05) is 36.4 Å². The Labute approximate surface area is 137 Å². The van der Waals surface area contributed by atoms with E-state index < -0.39 is 17.8 Å². The average Bonchev–Trinajstić information content (AvgIpc) is 2.57. The van der Waals surface area contributed by atoms with E-state index in [-0.39, 0.29) is 5.91 Å². The molecule has 0 unspecified atom stereocenters. The molecule has 1 amide bonds. The Morgan fingerprint density at radius 3 is 2.17 bits per heavy atom. The highest BCUT2D eigenvalue weighted by atomic mass is 16.4. The Bertz CT molecular complexity index is 576. The van der Waals surface area contributed by atoms with Crippen LogP contribution in [0.4, 0.5) is 11.4 Å². The molecular formula is C18H24N2O3. The molecule has 5 heteroatoms. The third-order valence-corrected chi connectivity index (χ3v) is 4.35. The maximum atomic E-state index is 12.4. The number of carboxylic acids is 1. The number of amides is 1. The van der Waals surface area contributed by atoms with E-state index >= 15 is 0 Å². The molecule has 1 aromatic rings. The zero-order valence-electron chi connectivity index (χ0n) is 13.7. The highest BCUT2D eigenvalue weighted by molar-refractivity contribution is 5.95. The van der Waals surface area contributed by atoms with Crippen LogP contribution in [0.15, 0.2) is 36.4 Å². The van der Waals surface area contributed by atoms with Crippen LogP contribution in [0.25, 0.3) is 0 Å². The molecule has 2 atom stereocenters. The van der Waals surface area contributed by atoms with Crippen molar-refractivity contribution < 1.29 is 14.7 Å². The maximum absolute atomic E-state index is 12.4. The molecule has 0 aromatic heterocycles. The van der Waals surface area contributed by atoms with Gasteiger partial charge in [0.05, 0.1) is 11.8 Å². The van der Waals surface area contributed by atoms with Gasteiger partial charge in [-0.2, -0.15) is 0 Å². The molecule has 0 spiro atoms. The lowest BCUT2D eigenvalue weighted by Gasteiger charge is -2.24. The van der Waals surface area contributed by atoms with Crippen LogP contribution in [0, 0.1) is 11.8 Å². The van der Waals surface area contributed by atoms with E-state index in [0.717, 1.165) is 18.8 Å². The second-order valence-electron chi connectivity index (χ2n) is 5.70. The molecular weight excluding hydrogens is 292 g/mol. The van der Waals surface area contributed by atoms with Crippen LogP contribution in [0.1, 0.15) is 26.7 Å². The summed E-state index contributed by atoms with van der Waals surface area (Å²) in [5.74, 6) is -2.29. The fourth-order valence-corrected chi connectivity index (χ4v) is 2.96. The summed E-state index contributed by atoms with van der Waals surface area (Å²) in [5.41, 5.74) is 1.81. The Hall–Kier alpha value is -2.30. The van der Waals surface area contributed by atoms with Crippen molar-refractivity contribution in [1.29, 1.82) is 0 Å². The summed E-state index contributed by atoms with van der Waals surface area (Å²) in [7, 11) is 0. The number of allylic oxidation sites excluding steroid dienone is 2. The average molecular weight is 316 g/mol. The fraction of sp³-hybridized carbons (Fsp3) is 0.444. The number of anilines is 2. The van der Waals surface area contributed by atoms with Crippen molar-refractivity contribution in [2.24, 2.45) is 11.8 Å². The largest absolute Gasteiger partial charge is 0.481 e. The van der Waals surface area contributed by atoms with E-state index in [0.29, 0.717) is 18.5 Å². The minimum atomic E-state index is -0.911. The molecule has 0 radical (unpaired) electrons. The molecule has 2 N–H and O–H groups in total. The second kappa shape index (κ2) is 7.81. The van der Waals surface area contributed by atoms with E-state index in [1.54, 1.807) is 0 Å². The first kappa shape index (κ1) is 17.1. The van der Waals surface area contributed by atoms with E-state index in [2.05, 4.69) is 24.1 Å². The number of nitrogens with one attached hydrogen (secondary N) is 1. The van der Waals surface area contributed by atoms with Gasteiger partial charge in [-0.3, -0.25) is 9.59 Å². The topological polar surface area (TPSA) is 69.6 Å². The van der Waals surface area contributed by atoms with E-state index in [1.165, 1.54) is 0 Å². The number of nitrogens with zero attached hydrogens (tertiary/aromatic N) is 1. The summed E-state index contributed by atoms with van der Waals surface area (Å²) >= 11 is 0. The van der Waals surface area contributed by atoms with Gasteiger partial charge in [0.15, 0.2) is 0 Å². The Morgan fingerprint density at radius 2 is 1.65 bits per heavy atom. The van der Waals surface area contributed by atoms with Gasteiger partial charge < -0.3 is 15.3 Å². The number of aliphatic carboxylic acids is 1. The van der Waals surface area contributed by atoms with Crippen LogP contribution >= 0.6 is 0 Å². The number of benzene rings is 1. The number of carboxylic acid groups (broad SMARTS) is 1. The Balaban J connectivity index is 2.05. The molecule has 2 rings (SSSR count). The Kier molecular flexibility index (Phi) is 5.79. The monoisotopic (exact) mass is 316 g/mol. The number of hydrogen-bond acceptors (Lipinski definition) is 3. The zero-order chi connectivity index (χ0) is 16.8. The van der Waals surface area contributed by atoms with E-state index in [4.69, 9.17) is 0 Å². The minimum absolute atomic E-state index is 0.225. The molecule has 23 heavy (non-hydrogen) atoms. The van der Waals surface area contributed by atoms with Crippen LogP contribution in [-0.4, -0.2) is 30.1 Å². The van der Waals surface area contributed by atoms with Gasteiger partial charge in [0.1, 0.15) is 0 Å². The van der Waals surface area contributed by atoms with Crippen molar-refractivity contribution in [3.05, 3.63) is 36.4 Å². The van der Waals surface area contributed by atoms with Crippen LogP contribution < -0.4 is 10.2 Å². The summed E-state index contributed by atoms with van der Waals surface area (Å²) in [6.07, 6.45) is 4.60. The van der Waals surface area contributed by atoms with Crippen LogP contribution in [-0.2, 0) is 9.59 Å². The molecule has 0 aliphatic heterocycles. The first-order valence-electron chi connectivity index (χ1n) is 8.10. The van der Waals surface area contributed by atoms with Crippen molar-refractivity contribution in [2.75, 3.05) is 23.3 Å². The lowest BCUT2D eigenvalue weighted by atomic mass is 9.82. The van der Waals surface area contributed by atoms with Gasteiger partial charge in [0.25, 0.3) is 0 Å². The van der Waals surface area contributed by atoms with Crippen molar-refractivity contribution in [3.63, 3.8) is 0 Å². The third kappa shape index (κ3) is 4.12. The lowest BCUT2D eigenvalue weighted by molar-refractivity contribution is -0.146. The van der Waals surface area contributed by atoms with Gasteiger partial charge >= 0.3 is 5.97 Å². The second-order valence-corrected chi connectivity index (χ2v) is 5.70. The van der Waals surface area contributed by atoms with Crippen LogP contribution in [0.2, 0.25) is 0 Å². The summed E-state index contributed by atoms with van der Waals surface area (Å²) < 4.78 is 0. The van der Waals surface area contributed by atoms with Gasteiger partial charge in [-0.25, -0.2) is 0 Å². The highest BCUT2D eigenvalue weighted by Crippen LogP contribution is 2.27. The molecule has 0 saturated carbocycles. The van der Waals surface area contributed by atoms with Gasteiger partial charge in [-0.1, -0.05) is 12.2 Å². The van der Waals surface area contributed by atoms with Crippen molar-refractivity contribution in [1.82, 2.24) is 0 Å². The third-order valence-electron chi connectivity index (χ3n) is 4.35. The number of carbonyl (C=O) groups excluding carboxylic acids is 1. The highest BCUT2D eigenvalue weighted by Gasteiger charge is 2.33. The maximum Gasteiger partial charge on any atom is 0.307 e. The molecule has 124 valence electrons. The van der Waals surface area contributed by atoms with Crippen molar-refractivity contribution >= 4 is 23.3 Å². The molecule has 1 aromatic carbocycles. The van der Waals surface area contributed by atoms with Crippen molar-refractivity contribution in [2.45, 2.75) is 26.7 Å².